The van der Waals surface area contributed by atoms with Gasteiger partial charge >= 0.3 is 0 Å². The van der Waals surface area contributed by atoms with Crippen LogP contribution in [0.1, 0.15) is 48.5 Å². The molecule has 29 heavy (non-hydrogen) atoms. The monoisotopic (exact) mass is 419 g/mol. The predicted molar refractivity (Wildman–Crippen MR) is 110 cm³/mol. The minimum atomic E-state index is -3.61. The van der Waals surface area contributed by atoms with Crippen LogP contribution in [0.5, 0.6) is 0 Å². The highest BCUT2D eigenvalue weighted by Crippen LogP contribution is 2.15. The molecule has 0 unspecified atom stereocenters. The number of carbonyl (C=O) groups excluding carboxylic acids is 1. The van der Waals surface area contributed by atoms with Gasteiger partial charge < -0.3 is 9.88 Å². The molecule has 0 bridgehead atoms. The summed E-state index contributed by atoms with van der Waals surface area (Å²) in [6.07, 6.45) is 4.96. The molecule has 2 N–H and O–H groups in total. The molecule has 158 valence electrons. The first-order valence-electron chi connectivity index (χ1n) is 10.1. The van der Waals surface area contributed by atoms with Gasteiger partial charge in [-0.15, -0.1) is 10.2 Å². The Bertz CT molecular complexity index is 968. The number of nitrogens with one attached hydrogen (secondary N) is 2. The summed E-state index contributed by atoms with van der Waals surface area (Å²) in [5.41, 5.74) is 1.95. The molecule has 1 aliphatic rings. The topological polar surface area (TPSA) is 106 Å². The minimum Gasteiger partial charge on any atom is -0.356 e. The fraction of sp³-hybridized carbons (Fsp3) is 0.550. The Kier molecular flexibility index (Phi) is 7.02. The Balaban J connectivity index is 1.36. The summed E-state index contributed by atoms with van der Waals surface area (Å²) in [5, 5.41) is 11.3. The number of benzene rings is 1. The van der Waals surface area contributed by atoms with Crippen LogP contribution in [0.15, 0.2) is 23.1 Å². The van der Waals surface area contributed by atoms with Crippen molar-refractivity contribution in [2.75, 3.05) is 13.1 Å². The number of aromatic nitrogens is 3. The second kappa shape index (κ2) is 9.49. The maximum Gasteiger partial charge on any atom is 0.240 e. The summed E-state index contributed by atoms with van der Waals surface area (Å²) in [7, 11) is -3.61. The van der Waals surface area contributed by atoms with Crippen LogP contribution in [-0.4, -0.2) is 42.2 Å². The molecule has 1 aromatic carbocycles. The average Bonchev–Trinajstić information content (AvgIpc) is 3.10. The van der Waals surface area contributed by atoms with Crippen LogP contribution in [0.4, 0.5) is 0 Å². The molecule has 0 fully saturated rings. The number of aryl methyl sites for hydroxylation is 4. The standard InChI is InChI=1S/C20H29N5O3S/c1-15-8-9-17(14-16(15)2)29(27,28)22-12-10-20(26)21-11-5-7-19-24-23-18-6-3-4-13-25(18)19/h8-9,14,22H,3-7,10-13H2,1-2H3,(H,21,26). The highest BCUT2D eigenvalue weighted by molar-refractivity contribution is 7.89. The second-order valence-electron chi connectivity index (χ2n) is 7.49. The van der Waals surface area contributed by atoms with Gasteiger partial charge in [-0.3, -0.25) is 4.79 Å². The molecule has 2 heterocycles. The average molecular weight is 420 g/mol. The summed E-state index contributed by atoms with van der Waals surface area (Å²) in [4.78, 5) is 12.2. The zero-order valence-electron chi connectivity index (χ0n) is 17.1. The van der Waals surface area contributed by atoms with E-state index in [4.69, 9.17) is 0 Å². The third-order valence-electron chi connectivity index (χ3n) is 5.27. The second-order valence-corrected chi connectivity index (χ2v) is 9.26. The van der Waals surface area contributed by atoms with Crippen molar-refractivity contribution in [1.82, 2.24) is 24.8 Å². The van der Waals surface area contributed by atoms with Crippen LogP contribution in [-0.2, 0) is 34.2 Å². The quantitative estimate of drug-likeness (QED) is 0.601. The van der Waals surface area contributed by atoms with Crippen molar-refractivity contribution in [2.24, 2.45) is 0 Å². The van der Waals surface area contributed by atoms with E-state index in [0.717, 1.165) is 55.0 Å². The zero-order valence-corrected chi connectivity index (χ0v) is 17.9. The Labute approximate surface area is 172 Å². The first kappa shape index (κ1) is 21.4. The first-order valence-corrected chi connectivity index (χ1v) is 11.6. The molecule has 2 aromatic rings. The summed E-state index contributed by atoms with van der Waals surface area (Å²) in [5.74, 6) is 1.87. The smallest absolute Gasteiger partial charge is 0.240 e. The third-order valence-corrected chi connectivity index (χ3v) is 6.73. The molecule has 8 nitrogen and oxygen atoms in total. The molecule has 0 saturated heterocycles. The molecule has 3 rings (SSSR count). The van der Waals surface area contributed by atoms with Crippen LogP contribution in [0.3, 0.4) is 0 Å². The maximum atomic E-state index is 12.3. The fourth-order valence-electron chi connectivity index (χ4n) is 3.38. The molecule has 0 spiro atoms. The van der Waals surface area contributed by atoms with Gasteiger partial charge in [-0.1, -0.05) is 6.07 Å². The Morgan fingerprint density at radius 1 is 1.14 bits per heavy atom. The van der Waals surface area contributed by atoms with Gasteiger partial charge in [0.05, 0.1) is 4.90 Å². The summed E-state index contributed by atoms with van der Waals surface area (Å²) >= 11 is 0. The van der Waals surface area contributed by atoms with E-state index in [0.29, 0.717) is 6.54 Å². The normalized spacial score (nSPS) is 13.9. The SMILES string of the molecule is Cc1ccc(S(=O)(=O)NCCC(=O)NCCCc2nnc3n2CCCC3)cc1C. The van der Waals surface area contributed by atoms with E-state index in [-0.39, 0.29) is 23.8 Å². The molecule has 0 radical (unpaired) electrons. The minimum absolute atomic E-state index is 0.0682. The Hall–Kier alpha value is -2.26. The van der Waals surface area contributed by atoms with E-state index >= 15 is 0 Å². The summed E-state index contributed by atoms with van der Waals surface area (Å²) in [6, 6.07) is 5.00. The highest BCUT2D eigenvalue weighted by atomic mass is 32.2. The van der Waals surface area contributed by atoms with Crippen molar-refractivity contribution in [3.8, 4) is 0 Å². The molecular formula is C20H29N5O3S. The van der Waals surface area contributed by atoms with Gasteiger partial charge in [0.25, 0.3) is 0 Å². The highest BCUT2D eigenvalue weighted by Gasteiger charge is 2.16. The van der Waals surface area contributed by atoms with Crippen molar-refractivity contribution in [1.29, 1.82) is 0 Å². The molecular weight excluding hydrogens is 390 g/mol. The van der Waals surface area contributed by atoms with Crippen LogP contribution in [0.2, 0.25) is 0 Å². The van der Waals surface area contributed by atoms with E-state index < -0.39 is 10.0 Å². The molecule has 9 heteroatoms. The van der Waals surface area contributed by atoms with Crippen molar-refractivity contribution in [2.45, 2.75) is 63.8 Å². The van der Waals surface area contributed by atoms with Crippen LogP contribution >= 0.6 is 0 Å². The van der Waals surface area contributed by atoms with Gasteiger partial charge in [0.2, 0.25) is 15.9 Å². The fourth-order valence-corrected chi connectivity index (χ4v) is 4.50. The molecule has 0 saturated carbocycles. The maximum absolute atomic E-state index is 12.3. The van der Waals surface area contributed by atoms with E-state index in [9.17, 15) is 13.2 Å². The van der Waals surface area contributed by atoms with Crippen molar-refractivity contribution in [3.05, 3.63) is 41.0 Å². The lowest BCUT2D eigenvalue weighted by Gasteiger charge is -2.14. The Morgan fingerprint density at radius 3 is 2.76 bits per heavy atom. The number of sulfonamides is 1. The van der Waals surface area contributed by atoms with Crippen molar-refractivity contribution in [3.63, 3.8) is 0 Å². The molecule has 1 amide bonds. The summed E-state index contributed by atoms with van der Waals surface area (Å²) < 4.78 is 29.3. The van der Waals surface area contributed by atoms with Gasteiger partial charge in [0.15, 0.2) is 0 Å². The van der Waals surface area contributed by atoms with Crippen LogP contribution < -0.4 is 10.0 Å². The first-order chi connectivity index (χ1) is 13.9. The number of hydrogen-bond donors (Lipinski definition) is 2. The van der Waals surface area contributed by atoms with Gasteiger partial charge in [0, 0.05) is 38.9 Å². The van der Waals surface area contributed by atoms with Gasteiger partial charge in [-0.25, -0.2) is 13.1 Å². The molecule has 1 aliphatic heterocycles. The lowest BCUT2D eigenvalue weighted by Crippen LogP contribution is -2.31. The van der Waals surface area contributed by atoms with Crippen LogP contribution in [0, 0.1) is 13.8 Å². The van der Waals surface area contributed by atoms with E-state index in [1.165, 1.54) is 6.42 Å². The summed E-state index contributed by atoms with van der Waals surface area (Å²) in [6.45, 7) is 5.38. The van der Waals surface area contributed by atoms with Crippen molar-refractivity contribution < 1.29 is 13.2 Å². The number of carbonyl (C=O) groups is 1. The number of hydrogen-bond acceptors (Lipinski definition) is 5. The number of fused-ring (bicyclic) bond motifs is 1. The number of nitrogens with zero attached hydrogens (tertiary/aromatic N) is 3. The lowest BCUT2D eigenvalue weighted by atomic mass is 10.1. The predicted octanol–water partition coefficient (Wildman–Crippen LogP) is 1.65. The molecule has 0 aliphatic carbocycles. The molecule has 0 atom stereocenters. The van der Waals surface area contributed by atoms with E-state index in [1.807, 2.05) is 13.8 Å². The van der Waals surface area contributed by atoms with Gasteiger partial charge in [-0.05, 0) is 56.4 Å². The van der Waals surface area contributed by atoms with Gasteiger partial charge in [0.1, 0.15) is 11.6 Å². The van der Waals surface area contributed by atoms with E-state index in [2.05, 4.69) is 24.8 Å². The van der Waals surface area contributed by atoms with Gasteiger partial charge in [-0.2, -0.15) is 0 Å². The molecule has 1 aromatic heterocycles. The third kappa shape index (κ3) is 5.63. The largest absolute Gasteiger partial charge is 0.356 e. The Morgan fingerprint density at radius 2 is 1.97 bits per heavy atom. The van der Waals surface area contributed by atoms with Crippen LogP contribution in [0.25, 0.3) is 0 Å². The lowest BCUT2D eigenvalue weighted by molar-refractivity contribution is -0.120. The van der Waals surface area contributed by atoms with Crippen molar-refractivity contribution >= 4 is 15.9 Å². The number of rotatable bonds is 9. The van der Waals surface area contributed by atoms with E-state index in [1.54, 1.807) is 18.2 Å². The zero-order chi connectivity index (χ0) is 20.9. The number of amides is 1.